The summed E-state index contributed by atoms with van der Waals surface area (Å²) in [5.41, 5.74) is 6.32. The maximum atomic E-state index is 12.2. The Morgan fingerprint density at radius 1 is 1.24 bits per heavy atom. The van der Waals surface area contributed by atoms with E-state index in [9.17, 15) is 9.59 Å². The second-order valence-electron chi connectivity index (χ2n) is 5.48. The van der Waals surface area contributed by atoms with Gasteiger partial charge < -0.3 is 16.0 Å². The molecular weight excluding hydrogens is 266 g/mol. The van der Waals surface area contributed by atoms with E-state index in [1.807, 2.05) is 23.1 Å². The number of nitrogens with zero attached hydrogens (tertiary/aromatic N) is 1. The molecule has 1 atom stereocenters. The number of rotatable bonds is 5. The summed E-state index contributed by atoms with van der Waals surface area (Å²) in [6.45, 7) is 0.774. The van der Waals surface area contributed by atoms with Gasteiger partial charge in [0.25, 0.3) is 0 Å². The number of hydrogen-bond donors (Lipinski definition) is 2. The van der Waals surface area contributed by atoms with E-state index >= 15 is 0 Å². The van der Waals surface area contributed by atoms with Gasteiger partial charge in [0.05, 0.1) is 6.54 Å². The molecule has 1 aliphatic rings. The van der Waals surface area contributed by atoms with E-state index in [1.165, 1.54) is 5.56 Å². The van der Waals surface area contributed by atoms with Gasteiger partial charge in [0.1, 0.15) is 0 Å². The van der Waals surface area contributed by atoms with Crippen LogP contribution in [0.2, 0.25) is 0 Å². The predicted molar refractivity (Wildman–Crippen MR) is 81.7 cm³/mol. The first-order valence-electron chi connectivity index (χ1n) is 7.53. The number of nitrogens with one attached hydrogen (secondary N) is 1. The number of nitrogens with two attached hydrogens (primary N) is 1. The minimum absolute atomic E-state index is 0.00281. The molecule has 5 heteroatoms. The number of aryl methyl sites for hydroxylation is 1. The fraction of sp³-hybridized carbons (Fsp3) is 0.500. The van der Waals surface area contributed by atoms with E-state index in [4.69, 9.17) is 5.73 Å². The third-order valence-electron chi connectivity index (χ3n) is 3.97. The molecular formula is C16H23N3O2. The van der Waals surface area contributed by atoms with Crippen LogP contribution >= 0.6 is 0 Å². The Hall–Kier alpha value is -2.04. The number of carbonyl (C=O) groups is 2. The molecule has 3 N–H and O–H groups in total. The number of benzene rings is 1. The third kappa shape index (κ3) is 4.77. The van der Waals surface area contributed by atoms with E-state index in [0.717, 1.165) is 38.6 Å². The van der Waals surface area contributed by atoms with Gasteiger partial charge in [-0.15, -0.1) is 0 Å². The van der Waals surface area contributed by atoms with Crippen LogP contribution in [-0.2, 0) is 11.2 Å². The van der Waals surface area contributed by atoms with Crippen LogP contribution in [0.5, 0.6) is 0 Å². The summed E-state index contributed by atoms with van der Waals surface area (Å²) in [5, 5.41) is 2.38. The highest BCUT2D eigenvalue weighted by molar-refractivity contribution is 5.83. The molecule has 5 nitrogen and oxygen atoms in total. The summed E-state index contributed by atoms with van der Waals surface area (Å²) in [6.07, 6.45) is 5.16. The van der Waals surface area contributed by atoms with Crippen LogP contribution in [0.1, 0.15) is 31.2 Å². The van der Waals surface area contributed by atoms with E-state index in [0.29, 0.717) is 0 Å². The van der Waals surface area contributed by atoms with Crippen molar-refractivity contribution in [2.45, 2.75) is 38.1 Å². The van der Waals surface area contributed by atoms with E-state index < -0.39 is 6.03 Å². The smallest absolute Gasteiger partial charge is 0.312 e. The molecule has 1 aliphatic heterocycles. The highest BCUT2D eigenvalue weighted by Crippen LogP contribution is 2.21. The average molecular weight is 289 g/mol. The zero-order valence-corrected chi connectivity index (χ0v) is 12.3. The fourth-order valence-corrected chi connectivity index (χ4v) is 2.87. The lowest BCUT2D eigenvalue weighted by atomic mass is 9.95. The number of likely N-dealkylation sites (tertiary alicyclic amines) is 1. The quantitative estimate of drug-likeness (QED) is 0.865. The molecule has 2 rings (SSSR count). The van der Waals surface area contributed by atoms with Crippen molar-refractivity contribution in [3.05, 3.63) is 35.9 Å². The molecule has 3 amide bonds. The lowest BCUT2D eigenvalue weighted by molar-refractivity contribution is -0.133. The lowest BCUT2D eigenvalue weighted by Gasteiger charge is -2.36. The molecule has 1 fully saturated rings. The van der Waals surface area contributed by atoms with Crippen molar-refractivity contribution in [1.29, 1.82) is 0 Å². The van der Waals surface area contributed by atoms with Gasteiger partial charge in [-0.1, -0.05) is 30.3 Å². The molecule has 1 aromatic carbocycles. The first kappa shape index (κ1) is 15.4. The summed E-state index contributed by atoms with van der Waals surface area (Å²) in [7, 11) is 0. The van der Waals surface area contributed by atoms with Gasteiger partial charge in [-0.25, -0.2) is 4.79 Å². The molecule has 21 heavy (non-hydrogen) atoms. The van der Waals surface area contributed by atoms with Crippen molar-refractivity contribution in [2.75, 3.05) is 13.1 Å². The van der Waals surface area contributed by atoms with Gasteiger partial charge >= 0.3 is 6.03 Å². The van der Waals surface area contributed by atoms with E-state index in [1.54, 1.807) is 0 Å². The van der Waals surface area contributed by atoms with Gasteiger partial charge in [-0.3, -0.25) is 4.79 Å². The van der Waals surface area contributed by atoms with Crippen LogP contribution < -0.4 is 11.1 Å². The van der Waals surface area contributed by atoms with Crippen LogP contribution in [0.3, 0.4) is 0 Å². The topological polar surface area (TPSA) is 75.4 Å². The third-order valence-corrected chi connectivity index (χ3v) is 3.97. The highest BCUT2D eigenvalue weighted by Gasteiger charge is 2.26. The molecule has 0 spiro atoms. The molecule has 0 unspecified atom stereocenters. The van der Waals surface area contributed by atoms with Gasteiger partial charge in [-0.2, -0.15) is 0 Å². The molecule has 114 valence electrons. The highest BCUT2D eigenvalue weighted by atomic mass is 16.2. The van der Waals surface area contributed by atoms with Crippen molar-refractivity contribution in [2.24, 2.45) is 5.73 Å². The number of hydrogen-bond acceptors (Lipinski definition) is 2. The summed E-state index contributed by atoms with van der Waals surface area (Å²) < 4.78 is 0. The zero-order chi connectivity index (χ0) is 15.1. The van der Waals surface area contributed by atoms with Crippen molar-refractivity contribution < 1.29 is 9.59 Å². The number of primary amides is 1. The molecule has 1 heterocycles. The van der Waals surface area contributed by atoms with Crippen LogP contribution in [0.15, 0.2) is 30.3 Å². The van der Waals surface area contributed by atoms with Crippen molar-refractivity contribution >= 4 is 11.9 Å². The average Bonchev–Trinajstić information content (AvgIpc) is 2.52. The summed E-state index contributed by atoms with van der Waals surface area (Å²) in [4.78, 5) is 24.8. The Bertz CT molecular complexity index is 476. The Morgan fingerprint density at radius 2 is 2.00 bits per heavy atom. The van der Waals surface area contributed by atoms with Crippen molar-refractivity contribution in [3.8, 4) is 0 Å². The predicted octanol–water partition coefficient (Wildman–Crippen LogP) is 1.67. The van der Waals surface area contributed by atoms with Crippen LogP contribution in [-0.4, -0.2) is 36.0 Å². The Balaban J connectivity index is 1.89. The van der Waals surface area contributed by atoms with Gasteiger partial charge in [0.2, 0.25) is 5.91 Å². The SMILES string of the molecule is NC(=O)NCC(=O)N1CCCC[C@@H]1CCc1ccccc1. The first-order valence-corrected chi connectivity index (χ1v) is 7.53. The Kier molecular flexibility index (Phi) is 5.60. The second kappa shape index (κ2) is 7.67. The van der Waals surface area contributed by atoms with Gasteiger partial charge in [0.15, 0.2) is 0 Å². The lowest BCUT2D eigenvalue weighted by Crippen LogP contribution is -2.48. The van der Waals surface area contributed by atoms with Crippen LogP contribution in [0, 0.1) is 0 Å². The zero-order valence-electron chi connectivity index (χ0n) is 12.3. The largest absolute Gasteiger partial charge is 0.352 e. The minimum atomic E-state index is -0.652. The standard InChI is InChI=1S/C16H23N3O2/c17-16(21)18-12-15(20)19-11-5-4-8-14(19)10-9-13-6-2-1-3-7-13/h1-3,6-7,14H,4-5,8-12H2,(H3,17,18,21)/t14-/m1/s1. The maximum absolute atomic E-state index is 12.2. The Labute approximate surface area is 125 Å². The van der Waals surface area contributed by atoms with Crippen LogP contribution in [0.4, 0.5) is 4.79 Å². The monoisotopic (exact) mass is 289 g/mol. The van der Waals surface area contributed by atoms with E-state index in [2.05, 4.69) is 17.4 Å². The molecule has 1 saturated heterocycles. The normalized spacial score (nSPS) is 18.3. The van der Waals surface area contributed by atoms with E-state index in [-0.39, 0.29) is 18.5 Å². The van der Waals surface area contributed by atoms with Crippen LogP contribution in [0.25, 0.3) is 0 Å². The molecule has 0 bridgehead atoms. The van der Waals surface area contributed by atoms with Gasteiger partial charge in [0, 0.05) is 12.6 Å². The number of piperidine rings is 1. The van der Waals surface area contributed by atoms with Gasteiger partial charge in [-0.05, 0) is 37.7 Å². The fourth-order valence-electron chi connectivity index (χ4n) is 2.87. The second-order valence-corrected chi connectivity index (χ2v) is 5.48. The number of urea groups is 1. The number of carbonyl (C=O) groups excluding carboxylic acids is 2. The molecule has 1 aromatic rings. The summed E-state index contributed by atoms with van der Waals surface area (Å²) >= 11 is 0. The minimum Gasteiger partial charge on any atom is -0.352 e. The summed E-state index contributed by atoms with van der Waals surface area (Å²) in [5.74, 6) is -0.0356. The number of amides is 3. The molecule has 0 aliphatic carbocycles. The summed E-state index contributed by atoms with van der Waals surface area (Å²) in [6, 6.07) is 9.93. The molecule has 0 saturated carbocycles. The maximum Gasteiger partial charge on any atom is 0.312 e. The van der Waals surface area contributed by atoms with Crippen molar-refractivity contribution in [1.82, 2.24) is 10.2 Å². The first-order chi connectivity index (χ1) is 10.2. The molecule has 0 radical (unpaired) electrons. The molecule has 0 aromatic heterocycles. The Morgan fingerprint density at radius 3 is 2.71 bits per heavy atom. The van der Waals surface area contributed by atoms with Crippen molar-refractivity contribution in [3.63, 3.8) is 0 Å².